The van der Waals surface area contributed by atoms with E-state index < -0.39 is 29.9 Å². The van der Waals surface area contributed by atoms with Crippen LogP contribution in [0.25, 0.3) is 0 Å². The van der Waals surface area contributed by atoms with Gasteiger partial charge in [-0.1, -0.05) is 44.2 Å². The van der Waals surface area contributed by atoms with E-state index in [0.717, 1.165) is 5.56 Å². The van der Waals surface area contributed by atoms with Crippen LogP contribution in [0.15, 0.2) is 48.7 Å². The summed E-state index contributed by atoms with van der Waals surface area (Å²) in [6.07, 6.45) is 2.42. The summed E-state index contributed by atoms with van der Waals surface area (Å²) >= 11 is 0. The van der Waals surface area contributed by atoms with Crippen LogP contribution in [0.4, 0.5) is 0 Å². The molecule has 10 nitrogen and oxygen atoms in total. The van der Waals surface area contributed by atoms with Gasteiger partial charge in [0.1, 0.15) is 17.8 Å². The standard InChI is InChI=1S/C14H14N2O3.C6H13NO2.BH2O2/c17-13(11-7-4-8-15-11)16-12(14(18)19)9-10-5-2-1-3-6-10;1-4(2)3-5(7)6(8)9;2-1-3/h1-8,12,15H,9H2,(H,16,17)(H,18,19);4-5H,3,7H2,1-2H3,(H,8,9);2-3H/t12-;5-;/m00./s1. The topological polar surface area (TPSA) is 186 Å². The second-order valence-electron chi connectivity index (χ2n) is 6.83. The second-order valence-corrected chi connectivity index (χ2v) is 6.83. The lowest BCUT2D eigenvalue weighted by Crippen LogP contribution is -2.42. The number of aromatic nitrogens is 1. The summed E-state index contributed by atoms with van der Waals surface area (Å²) in [4.78, 5) is 35.8. The molecule has 0 spiro atoms. The summed E-state index contributed by atoms with van der Waals surface area (Å²) in [6.45, 7) is 3.89. The minimum absolute atomic E-state index is 0. The molecule has 0 saturated heterocycles. The lowest BCUT2D eigenvalue weighted by molar-refractivity contribution is -0.140. The number of carboxylic acids is 2. The second kappa shape index (κ2) is 15.7. The fourth-order valence-corrected chi connectivity index (χ4v) is 2.37. The van der Waals surface area contributed by atoms with Gasteiger partial charge in [0.2, 0.25) is 0 Å². The van der Waals surface area contributed by atoms with Gasteiger partial charge in [-0.25, -0.2) is 4.79 Å². The zero-order chi connectivity index (χ0) is 23.8. The number of carbonyl (C=O) groups excluding carboxylic acids is 1. The fraction of sp³-hybridized carbons (Fsp3) is 0.350. The van der Waals surface area contributed by atoms with Crippen molar-refractivity contribution in [3.05, 3.63) is 59.9 Å². The van der Waals surface area contributed by atoms with Gasteiger partial charge in [0.25, 0.3) is 5.91 Å². The van der Waals surface area contributed by atoms with Crippen LogP contribution in [-0.2, 0) is 16.0 Å². The molecule has 1 aromatic heterocycles. The van der Waals surface area contributed by atoms with E-state index in [1.165, 1.54) is 0 Å². The highest BCUT2D eigenvalue weighted by molar-refractivity contribution is 6.13. The molecule has 169 valence electrons. The number of carbonyl (C=O) groups is 3. The predicted octanol–water partition coefficient (Wildman–Crippen LogP) is 0.390. The van der Waals surface area contributed by atoms with Crippen LogP contribution in [0.2, 0.25) is 0 Å². The Kier molecular flexibility index (Phi) is 14.1. The number of rotatable bonds is 8. The first-order valence-corrected chi connectivity index (χ1v) is 9.41. The third-order valence-electron chi connectivity index (χ3n) is 3.77. The Morgan fingerprint density at radius 1 is 1.03 bits per heavy atom. The Balaban J connectivity index is 0.000000631. The smallest absolute Gasteiger partial charge is 0.480 e. The van der Waals surface area contributed by atoms with Gasteiger partial charge in [0.05, 0.1) is 0 Å². The van der Waals surface area contributed by atoms with Crippen molar-refractivity contribution in [1.82, 2.24) is 10.3 Å². The van der Waals surface area contributed by atoms with Crippen molar-refractivity contribution in [3.63, 3.8) is 0 Å². The molecule has 31 heavy (non-hydrogen) atoms. The van der Waals surface area contributed by atoms with E-state index in [0.29, 0.717) is 18.0 Å². The molecule has 0 aliphatic rings. The zero-order valence-corrected chi connectivity index (χ0v) is 17.4. The minimum atomic E-state index is -1.05. The molecular weight excluding hydrogens is 405 g/mol. The third kappa shape index (κ3) is 12.9. The van der Waals surface area contributed by atoms with Crippen molar-refractivity contribution in [3.8, 4) is 0 Å². The number of aliphatic carboxylic acids is 2. The van der Waals surface area contributed by atoms with E-state index in [9.17, 15) is 14.4 Å². The molecule has 0 aliphatic heterocycles. The lowest BCUT2D eigenvalue weighted by Gasteiger charge is -2.14. The number of benzene rings is 1. The van der Waals surface area contributed by atoms with E-state index in [4.69, 9.17) is 26.0 Å². The molecule has 0 aliphatic carbocycles. The SMILES string of the molecule is CC(C)C[C@H](N)C(=O)O.O=C(N[C@@H](Cc1ccccc1)C(=O)O)c1ccc[nH]1.O[B]O. The average Bonchev–Trinajstić information content (AvgIpc) is 3.24. The molecule has 8 N–H and O–H groups in total. The van der Waals surface area contributed by atoms with Gasteiger partial charge in [-0.15, -0.1) is 0 Å². The van der Waals surface area contributed by atoms with Crippen LogP contribution in [0.5, 0.6) is 0 Å². The van der Waals surface area contributed by atoms with Gasteiger partial charge >= 0.3 is 19.6 Å². The van der Waals surface area contributed by atoms with Crippen LogP contribution >= 0.6 is 0 Å². The summed E-state index contributed by atoms with van der Waals surface area (Å²) < 4.78 is 0. The van der Waals surface area contributed by atoms with Crippen LogP contribution < -0.4 is 11.1 Å². The molecule has 0 unspecified atom stereocenters. The van der Waals surface area contributed by atoms with Gasteiger partial charge in [0, 0.05) is 12.6 Å². The normalized spacial score (nSPS) is 11.7. The number of amides is 1. The maximum absolute atomic E-state index is 11.8. The van der Waals surface area contributed by atoms with Gasteiger partial charge in [-0.3, -0.25) is 9.59 Å². The van der Waals surface area contributed by atoms with E-state index >= 15 is 0 Å². The number of hydrogen-bond acceptors (Lipinski definition) is 6. The Morgan fingerprint density at radius 3 is 2.00 bits per heavy atom. The monoisotopic (exact) mass is 434 g/mol. The Hall–Kier alpha value is -3.15. The number of nitrogens with two attached hydrogens (primary N) is 1. The summed E-state index contributed by atoms with van der Waals surface area (Å²) in [7, 11) is 0. The van der Waals surface area contributed by atoms with Crippen molar-refractivity contribution in [2.24, 2.45) is 11.7 Å². The molecule has 1 radical (unpaired) electrons. The Bertz CT molecular complexity index is 770. The highest BCUT2D eigenvalue weighted by Crippen LogP contribution is 2.05. The number of aromatic amines is 1. The van der Waals surface area contributed by atoms with Crippen molar-refractivity contribution >= 4 is 25.5 Å². The Morgan fingerprint density at radius 2 is 1.61 bits per heavy atom. The predicted molar refractivity (Wildman–Crippen MR) is 115 cm³/mol. The van der Waals surface area contributed by atoms with E-state index in [1.807, 2.05) is 44.2 Å². The van der Waals surface area contributed by atoms with Gasteiger partial charge in [-0.05, 0) is 30.0 Å². The molecule has 1 amide bonds. The molecular formula is C20H29BN3O7. The largest absolute Gasteiger partial charge is 0.482 e. The number of nitrogens with one attached hydrogen (secondary N) is 2. The maximum atomic E-state index is 11.8. The van der Waals surface area contributed by atoms with Gasteiger partial charge < -0.3 is 36.3 Å². The quantitative estimate of drug-likeness (QED) is 0.291. The molecule has 1 aromatic carbocycles. The number of H-pyrrole nitrogens is 1. The molecule has 2 rings (SSSR count). The van der Waals surface area contributed by atoms with Crippen molar-refractivity contribution < 1.29 is 34.6 Å². The average molecular weight is 434 g/mol. The molecule has 0 saturated carbocycles. The summed E-state index contributed by atoms with van der Waals surface area (Å²) in [5.41, 5.74) is 6.43. The minimum Gasteiger partial charge on any atom is -0.480 e. The first-order chi connectivity index (χ1) is 14.6. The first kappa shape index (κ1) is 27.9. The lowest BCUT2D eigenvalue weighted by atomic mass is 10.1. The highest BCUT2D eigenvalue weighted by Gasteiger charge is 2.21. The summed E-state index contributed by atoms with van der Waals surface area (Å²) in [6, 6.07) is 10.8. The van der Waals surface area contributed by atoms with Crippen LogP contribution in [0, 0.1) is 5.92 Å². The third-order valence-corrected chi connectivity index (χ3v) is 3.77. The fourth-order valence-electron chi connectivity index (χ4n) is 2.37. The molecule has 2 aromatic rings. The van der Waals surface area contributed by atoms with Crippen LogP contribution in [0.3, 0.4) is 0 Å². The van der Waals surface area contributed by atoms with E-state index in [2.05, 4.69) is 10.3 Å². The number of carboxylic acid groups (broad SMARTS) is 2. The Labute approximate surface area is 181 Å². The summed E-state index contributed by atoms with van der Waals surface area (Å²) in [5.74, 6) is -2.03. The van der Waals surface area contributed by atoms with Crippen molar-refractivity contribution in [2.45, 2.75) is 38.8 Å². The van der Waals surface area contributed by atoms with E-state index in [1.54, 1.807) is 18.3 Å². The molecule has 2 atom stereocenters. The molecule has 11 heteroatoms. The van der Waals surface area contributed by atoms with Crippen LogP contribution in [-0.4, -0.2) is 62.9 Å². The van der Waals surface area contributed by atoms with Gasteiger partial charge in [0.15, 0.2) is 0 Å². The maximum Gasteiger partial charge on any atom is 0.482 e. The van der Waals surface area contributed by atoms with Gasteiger partial charge in [-0.2, -0.15) is 0 Å². The van der Waals surface area contributed by atoms with E-state index in [-0.39, 0.29) is 14.1 Å². The van der Waals surface area contributed by atoms with Crippen molar-refractivity contribution in [1.29, 1.82) is 0 Å². The highest BCUT2D eigenvalue weighted by atomic mass is 16.4. The first-order valence-electron chi connectivity index (χ1n) is 9.41. The van der Waals surface area contributed by atoms with Crippen molar-refractivity contribution in [2.75, 3.05) is 0 Å². The molecule has 0 fully saturated rings. The number of hydrogen-bond donors (Lipinski definition) is 7. The summed E-state index contributed by atoms with van der Waals surface area (Å²) in [5, 5.41) is 34.0. The molecule has 0 bridgehead atoms. The molecule has 1 heterocycles. The zero-order valence-electron chi connectivity index (χ0n) is 17.4. The van der Waals surface area contributed by atoms with Crippen LogP contribution in [0.1, 0.15) is 36.3 Å².